The van der Waals surface area contributed by atoms with Crippen molar-refractivity contribution in [2.45, 2.75) is 31.1 Å². The molecular formula is C17H24N4O4S. The average molecular weight is 380 g/mol. The molecule has 2 aromatic rings. The number of rotatable bonds is 4. The molecule has 0 saturated carbocycles. The van der Waals surface area contributed by atoms with Gasteiger partial charge in [-0.3, -0.25) is 0 Å². The maximum Gasteiger partial charge on any atom is 0.324 e. The van der Waals surface area contributed by atoms with Gasteiger partial charge in [0.15, 0.2) is 5.82 Å². The third-order valence-corrected chi connectivity index (χ3v) is 6.21. The molecule has 1 aliphatic rings. The van der Waals surface area contributed by atoms with E-state index in [9.17, 15) is 8.42 Å². The number of piperazine rings is 1. The Bertz CT molecular complexity index is 848. The molecule has 0 amide bonds. The number of sulfonamides is 1. The first kappa shape index (κ1) is 18.7. The van der Waals surface area contributed by atoms with Crippen LogP contribution in [0.3, 0.4) is 0 Å². The SMILES string of the molecule is COc1ccc(S(=O)(=O)N2CCN(c3nc(C(C)(C)C)no3)CC2)cc1. The highest BCUT2D eigenvalue weighted by molar-refractivity contribution is 7.89. The van der Waals surface area contributed by atoms with Gasteiger partial charge in [0.2, 0.25) is 10.0 Å². The molecule has 0 spiro atoms. The minimum absolute atomic E-state index is 0.193. The van der Waals surface area contributed by atoms with Crippen molar-refractivity contribution in [3.05, 3.63) is 30.1 Å². The number of ether oxygens (including phenoxy) is 1. The maximum atomic E-state index is 12.8. The number of benzene rings is 1. The lowest BCUT2D eigenvalue weighted by atomic mass is 9.96. The van der Waals surface area contributed by atoms with Crippen molar-refractivity contribution in [3.63, 3.8) is 0 Å². The fourth-order valence-corrected chi connectivity index (χ4v) is 4.09. The van der Waals surface area contributed by atoms with Gasteiger partial charge >= 0.3 is 6.01 Å². The third-order valence-electron chi connectivity index (χ3n) is 4.29. The van der Waals surface area contributed by atoms with Gasteiger partial charge < -0.3 is 14.2 Å². The summed E-state index contributed by atoms with van der Waals surface area (Å²) < 4.78 is 37.5. The van der Waals surface area contributed by atoms with Gasteiger partial charge in [-0.15, -0.1) is 0 Å². The van der Waals surface area contributed by atoms with Crippen molar-refractivity contribution < 1.29 is 17.7 Å². The van der Waals surface area contributed by atoms with Crippen molar-refractivity contribution in [2.75, 3.05) is 38.2 Å². The standard InChI is InChI=1S/C17H24N4O4S/c1-17(2,3)15-18-16(25-19-15)20-9-11-21(12-10-20)26(22,23)14-7-5-13(24-4)6-8-14/h5-8H,9-12H2,1-4H3. The molecule has 0 aliphatic carbocycles. The zero-order chi connectivity index (χ0) is 18.9. The second-order valence-electron chi connectivity index (χ2n) is 7.22. The fraction of sp³-hybridized carbons (Fsp3) is 0.529. The van der Waals surface area contributed by atoms with Crippen LogP contribution in [0, 0.1) is 0 Å². The molecule has 0 atom stereocenters. The van der Waals surface area contributed by atoms with Crippen LogP contribution in [-0.4, -0.2) is 56.2 Å². The Labute approximate surface area is 153 Å². The molecule has 0 radical (unpaired) electrons. The van der Waals surface area contributed by atoms with Crippen molar-refractivity contribution >= 4 is 16.0 Å². The highest BCUT2D eigenvalue weighted by Gasteiger charge is 2.31. The fourth-order valence-electron chi connectivity index (χ4n) is 2.67. The highest BCUT2D eigenvalue weighted by Crippen LogP contribution is 2.24. The molecule has 1 aromatic heterocycles. The highest BCUT2D eigenvalue weighted by atomic mass is 32.2. The summed E-state index contributed by atoms with van der Waals surface area (Å²) in [7, 11) is -1.98. The van der Waals surface area contributed by atoms with Crippen molar-refractivity contribution in [1.82, 2.24) is 14.4 Å². The van der Waals surface area contributed by atoms with Gasteiger partial charge in [0.25, 0.3) is 0 Å². The van der Waals surface area contributed by atoms with Gasteiger partial charge in [-0.25, -0.2) is 8.42 Å². The van der Waals surface area contributed by atoms with E-state index in [0.717, 1.165) is 0 Å². The van der Waals surface area contributed by atoms with Gasteiger partial charge in [0, 0.05) is 31.6 Å². The Hall–Kier alpha value is -2.13. The van der Waals surface area contributed by atoms with Gasteiger partial charge in [0.05, 0.1) is 12.0 Å². The lowest BCUT2D eigenvalue weighted by molar-refractivity contribution is 0.350. The van der Waals surface area contributed by atoms with Crippen LogP contribution in [-0.2, 0) is 15.4 Å². The van der Waals surface area contributed by atoms with Crippen molar-refractivity contribution in [1.29, 1.82) is 0 Å². The van der Waals surface area contributed by atoms with Crippen molar-refractivity contribution in [2.24, 2.45) is 0 Å². The Morgan fingerprint density at radius 3 is 2.19 bits per heavy atom. The predicted molar refractivity (Wildman–Crippen MR) is 97.0 cm³/mol. The number of hydrogen-bond donors (Lipinski definition) is 0. The lowest BCUT2D eigenvalue weighted by Crippen LogP contribution is -2.48. The Kier molecular flexibility index (Phi) is 4.94. The summed E-state index contributed by atoms with van der Waals surface area (Å²) in [6, 6.07) is 6.87. The molecule has 2 heterocycles. The van der Waals surface area contributed by atoms with E-state index in [1.54, 1.807) is 31.4 Å². The number of nitrogens with zero attached hydrogens (tertiary/aromatic N) is 4. The van der Waals surface area contributed by atoms with E-state index in [1.165, 1.54) is 4.31 Å². The molecule has 142 valence electrons. The summed E-state index contributed by atoms with van der Waals surface area (Å²) in [5.74, 6) is 1.26. The molecule has 3 rings (SSSR count). The summed E-state index contributed by atoms with van der Waals surface area (Å²) >= 11 is 0. The molecule has 26 heavy (non-hydrogen) atoms. The van der Waals surface area contributed by atoms with Gasteiger partial charge in [-0.05, 0) is 24.3 Å². The van der Waals surface area contributed by atoms with Gasteiger partial charge in [-0.2, -0.15) is 9.29 Å². The van der Waals surface area contributed by atoms with Crippen LogP contribution >= 0.6 is 0 Å². The van der Waals surface area contributed by atoms with Gasteiger partial charge in [0.1, 0.15) is 5.75 Å². The molecule has 1 fully saturated rings. The van der Waals surface area contributed by atoms with E-state index < -0.39 is 10.0 Å². The zero-order valence-corrected chi connectivity index (χ0v) is 16.3. The summed E-state index contributed by atoms with van der Waals surface area (Å²) in [6.45, 7) is 7.77. The van der Waals surface area contributed by atoms with E-state index in [2.05, 4.69) is 10.1 Å². The molecule has 1 aliphatic heterocycles. The van der Waals surface area contributed by atoms with E-state index in [-0.39, 0.29) is 10.3 Å². The molecule has 0 unspecified atom stereocenters. The van der Waals surface area contributed by atoms with Crippen LogP contribution in [0.5, 0.6) is 5.75 Å². The summed E-state index contributed by atoms with van der Waals surface area (Å²) in [6.07, 6.45) is 0. The van der Waals surface area contributed by atoms with Crippen LogP contribution in [0.2, 0.25) is 0 Å². The summed E-state index contributed by atoms with van der Waals surface area (Å²) in [4.78, 5) is 6.62. The van der Waals surface area contributed by atoms with Gasteiger partial charge in [-0.1, -0.05) is 25.9 Å². The zero-order valence-electron chi connectivity index (χ0n) is 15.5. The summed E-state index contributed by atoms with van der Waals surface area (Å²) in [5, 5.41) is 4.02. The number of anilines is 1. The molecule has 0 N–H and O–H groups in total. The smallest absolute Gasteiger partial charge is 0.324 e. The molecule has 9 heteroatoms. The van der Waals surface area contributed by atoms with E-state index in [0.29, 0.717) is 43.8 Å². The largest absolute Gasteiger partial charge is 0.497 e. The minimum atomic E-state index is -3.53. The second kappa shape index (κ2) is 6.88. The van der Waals surface area contributed by atoms with Crippen LogP contribution in [0.1, 0.15) is 26.6 Å². The maximum absolute atomic E-state index is 12.8. The molecule has 1 saturated heterocycles. The number of aromatic nitrogens is 2. The molecule has 1 aromatic carbocycles. The molecular weight excluding hydrogens is 356 g/mol. The topological polar surface area (TPSA) is 88.8 Å². The van der Waals surface area contributed by atoms with E-state index in [1.807, 2.05) is 25.7 Å². The van der Waals surface area contributed by atoms with E-state index >= 15 is 0 Å². The first-order chi connectivity index (χ1) is 12.2. The molecule has 8 nitrogen and oxygen atoms in total. The first-order valence-corrected chi connectivity index (χ1v) is 9.89. The predicted octanol–water partition coefficient (Wildman–Crippen LogP) is 1.89. The van der Waals surface area contributed by atoms with E-state index in [4.69, 9.17) is 9.26 Å². The first-order valence-electron chi connectivity index (χ1n) is 8.45. The third kappa shape index (κ3) is 3.68. The Balaban J connectivity index is 1.68. The minimum Gasteiger partial charge on any atom is -0.497 e. The monoisotopic (exact) mass is 380 g/mol. The Morgan fingerprint density at radius 2 is 1.69 bits per heavy atom. The number of hydrogen-bond acceptors (Lipinski definition) is 7. The van der Waals surface area contributed by atoms with Crippen LogP contribution in [0.25, 0.3) is 0 Å². The second-order valence-corrected chi connectivity index (χ2v) is 9.16. The summed E-state index contributed by atoms with van der Waals surface area (Å²) in [5.41, 5.74) is -0.193. The van der Waals surface area contributed by atoms with Crippen LogP contribution in [0.15, 0.2) is 33.7 Å². The van der Waals surface area contributed by atoms with Crippen LogP contribution < -0.4 is 9.64 Å². The van der Waals surface area contributed by atoms with Crippen LogP contribution in [0.4, 0.5) is 6.01 Å². The van der Waals surface area contributed by atoms with Crippen molar-refractivity contribution in [3.8, 4) is 5.75 Å². The number of methoxy groups -OCH3 is 1. The Morgan fingerprint density at radius 1 is 1.08 bits per heavy atom. The quantitative estimate of drug-likeness (QED) is 0.800. The average Bonchev–Trinajstić information content (AvgIpc) is 3.12. The normalized spacial score (nSPS) is 16.7. The lowest BCUT2D eigenvalue weighted by Gasteiger charge is -2.32. The molecule has 0 bridgehead atoms.